The van der Waals surface area contributed by atoms with E-state index in [-0.39, 0.29) is 11.8 Å². The molecule has 0 aliphatic carbocycles. The van der Waals surface area contributed by atoms with E-state index in [1.54, 1.807) is 18.4 Å². The molecule has 0 bridgehead atoms. The minimum absolute atomic E-state index is 0.0274. The van der Waals surface area contributed by atoms with Crippen LogP contribution in [-0.4, -0.2) is 66.4 Å². The highest BCUT2D eigenvalue weighted by Gasteiger charge is 2.21. The third kappa shape index (κ3) is 5.02. The molecule has 0 saturated carbocycles. The van der Waals surface area contributed by atoms with E-state index in [0.717, 1.165) is 42.9 Å². The van der Waals surface area contributed by atoms with Gasteiger partial charge in [-0.2, -0.15) is 0 Å². The molecule has 0 radical (unpaired) electrons. The number of carbonyl (C=O) groups is 2. The molecule has 0 spiro atoms. The SMILES string of the molecule is CNC(=O)CN1CCN(C(=O)CCCCc2nc3ccccc3s2)CC1. The Hall–Kier alpha value is -1.99. The fraction of sp³-hybridized carbons (Fsp3) is 0.526. The number of carbonyl (C=O) groups excluding carboxylic acids is 2. The Morgan fingerprint density at radius 2 is 1.92 bits per heavy atom. The molecule has 1 saturated heterocycles. The van der Waals surface area contributed by atoms with Gasteiger partial charge in [0.05, 0.1) is 21.8 Å². The number of para-hydroxylation sites is 1. The number of rotatable bonds is 7. The van der Waals surface area contributed by atoms with Crippen LogP contribution in [0.2, 0.25) is 0 Å². The van der Waals surface area contributed by atoms with Crippen LogP contribution >= 0.6 is 11.3 Å². The smallest absolute Gasteiger partial charge is 0.233 e. The maximum atomic E-state index is 12.4. The topological polar surface area (TPSA) is 65.5 Å². The summed E-state index contributed by atoms with van der Waals surface area (Å²) in [5.74, 6) is 0.258. The molecular weight excluding hydrogens is 348 g/mol. The highest BCUT2D eigenvalue weighted by molar-refractivity contribution is 7.18. The van der Waals surface area contributed by atoms with Crippen LogP contribution in [0.25, 0.3) is 10.2 Å². The number of thiazole rings is 1. The van der Waals surface area contributed by atoms with Crippen molar-refractivity contribution in [3.05, 3.63) is 29.3 Å². The van der Waals surface area contributed by atoms with Gasteiger partial charge in [-0.15, -0.1) is 11.3 Å². The Morgan fingerprint density at radius 3 is 2.65 bits per heavy atom. The average molecular weight is 375 g/mol. The van der Waals surface area contributed by atoms with Crippen molar-refractivity contribution >= 4 is 33.4 Å². The van der Waals surface area contributed by atoms with E-state index in [1.807, 2.05) is 23.1 Å². The van der Waals surface area contributed by atoms with Crippen molar-refractivity contribution < 1.29 is 9.59 Å². The largest absolute Gasteiger partial charge is 0.358 e. The molecule has 2 heterocycles. The summed E-state index contributed by atoms with van der Waals surface area (Å²) in [6.07, 6.45) is 3.42. The van der Waals surface area contributed by atoms with Crippen molar-refractivity contribution in [3.8, 4) is 0 Å². The van der Waals surface area contributed by atoms with Gasteiger partial charge in [0.25, 0.3) is 0 Å². The molecule has 0 unspecified atom stereocenters. The van der Waals surface area contributed by atoms with Gasteiger partial charge < -0.3 is 10.2 Å². The number of nitrogens with one attached hydrogen (secondary N) is 1. The molecule has 6 nitrogen and oxygen atoms in total. The Balaban J connectivity index is 1.35. The van der Waals surface area contributed by atoms with E-state index in [0.29, 0.717) is 26.1 Å². The first-order valence-electron chi connectivity index (χ1n) is 9.21. The molecule has 26 heavy (non-hydrogen) atoms. The zero-order chi connectivity index (χ0) is 18.4. The number of nitrogens with zero attached hydrogens (tertiary/aromatic N) is 3. The summed E-state index contributed by atoms with van der Waals surface area (Å²) in [6.45, 7) is 3.39. The van der Waals surface area contributed by atoms with Crippen molar-refractivity contribution in [2.45, 2.75) is 25.7 Å². The summed E-state index contributed by atoms with van der Waals surface area (Å²) < 4.78 is 1.23. The third-order valence-electron chi connectivity index (χ3n) is 4.74. The number of hydrogen-bond acceptors (Lipinski definition) is 5. The molecule has 1 aliphatic heterocycles. The lowest BCUT2D eigenvalue weighted by Crippen LogP contribution is -2.50. The van der Waals surface area contributed by atoms with Gasteiger partial charge in [0, 0.05) is 39.6 Å². The summed E-state index contributed by atoms with van der Waals surface area (Å²) in [5, 5.41) is 3.79. The summed E-state index contributed by atoms with van der Waals surface area (Å²) in [5.41, 5.74) is 1.07. The molecule has 1 aromatic carbocycles. The number of hydrogen-bond donors (Lipinski definition) is 1. The number of benzene rings is 1. The molecule has 140 valence electrons. The normalized spacial score (nSPS) is 15.3. The first-order valence-corrected chi connectivity index (χ1v) is 10.0. The monoisotopic (exact) mass is 374 g/mol. The van der Waals surface area contributed by atoms with Crippen molar-refractivity contribution in [2.24, 2.45) is 0 Å². The number of unbranched alkanes of at least 4 members (excludes halogenated alkanes) is 1. The first kappa shape index (κ1) is 18.8. The standard InChI is InChI=1S/C19H26N4O2S/c1-20-17(24)14-22-10-12-23(13-11-22)19(25)9-5-4-8-18-21-15-6-2-3-7-16(15)26-18/h2-3,6-7H,4-5,8-14H2,1H3,(H,20,24). The lowest BCUT2D eigenvalue weighted by atomic mass is 10.1. The first-order chi connectivity index (χ1) is 12.7. The van der Waals surface area contributed by atoms with E-state index in [2.05, 4.69) is 21.3 Å². The minimum Gasteiger partial charge on any atom is -0.358 e. The summed E-state index contributed by atoms with van der Waals surface area (Å²) in [4.78, 5) is 32.4. The molecule has 2 amide bonds. The zero-order valence-corrected chi connectivity index (χ0v) is 16.1. The van der Waals surface area contributed by atoms with Crippen LogP contribution in [0, 0.1) is 0 Å². The number of amides is 2. The maximum absolute atomic E-state index is 12.4. The van der Waals surface area contributed by atoms with E-state index in [1.165, 1.54) is 4.70 Å². The molecule has 1 aliphatic rings. The van der Waals surface area contributed by atoms with E-state index in [4.69, 9.17) is 0 Å². The van der Waals surface area contributed by atoms with Gasteiger partial charge in [-0.3, -0.25) is 14.5 Å². The van der Waals surface area contributed by atoms with Crippen molar-refractivity contribution in [3.63, 3.8) is 0 Å². The van der Waals surface area contributed by atoms with E-state index >= 15 is 0 Å². The predicted octanol–water partition coefficient (Wildman–Crippen LogP) is 1.90. The minimum atomic E-state index is 0.0274. The molecule has 0 atom stereocenters. The number of aryl methyl sites for hydroxylation is 1. The fourth-order valence-corrected chi connectivity index (χ4v) is 4.18. The summed E-state index contributed by atoms with van der Waals surface area (Å²) in [7, 11) is 1.65. The Bertz CT molecular complexity index is 720. The second-order valence-electron chi connectivity index (χ2n) is 6.61. The van der Waals surface area contributed by atoms with Gasteiger partial charge >= 0.3 is 0 Å². The van der Waals surface area contributed by atoms with Gasteiger partial charge in [-0.05, 0) is 31.4 Å². The Kier molecular flexibility index (Phi) is 6.57. The van der Waals surface area contributed by atoms with Gasteiger partial charge in [-0.1, -0.05) is 12.1 Å². The zero-order valence-electron chi connectivity index (χ0n) is 15.2. The Labute approximate surface area is 158 Å². The molecule has 3 rings (SSSR count). The molecular formula is C19H26N4O2S. The van der Waals surface area contributed by atoms with Crippen LogP contribution in [0.15, 0.2) is 24.3 Å². The molecule has 1 N–H and O–H groups in total. The molecule has 7 heteroatoms. The highest BCUT2D eigenvalue weighted by Crippen LogP contribution is 2.23. The lowest BCUT2D eigenvalue weighted by Gasteiger charge is -2.34. The van der Waals surface area contributed by atoms with Crippen LogP contribution < -0.4 is 5.32 Å². The van der Waals surface area contributed by atoms with E-state index in [9.17, 15) is 9.59 Å². The van der Waals surface area contributed by atoms with Crippen molar-refractivity contribution in [1.29, 1.82) is 0 Å². The van der Waals surface area contributed by atoms with Crippen LogP contribution in [0.4, 0.5) is 0 Å². The van der Waals surface area contributed by atoms with Gasteiger partial charge in [0.2, 0.25) is 11.8 Å². The maximum Gasteiger partial charge on any atom is 0.233 e. The second-order valence-corrected chi connectivity index (χ2v) is 7.73. The van der Waals surface area contributed by atoms with Gasteiger partial charge in [0.1, 0.15) is 0 Å². The number of fused-ring (bicyclic) bond motifs is 1. The second kappa shape index (κ2) is 9.09. The molecule has 1 aromatic heterocycles. The van der Waals surface area contributed by atoms with Gasteiger partial charge in [-0.25, -0.2) is 4.98 Å². The lowest BCUT2D eigenvalue weighted by molar-refractivity contribution is -0.133. The van der Waals surface area contributed by atoms with E-state index < -0.39 is 0 Å². The number of aromatic nitrogens is 1. The summed E-state index contributed by atoms with van der Waals surface area (Å²) >= 11 is 1.75. The van der Waals surface area contributed by atoms with Crippen molar-refractivity contribution in [2.75, 3.05) is 39.8 Å². The Morgan fingerprint density at radius 1 is 1.15 bits per heavy atom. The van der Waals surface area contributed by atoms with Crippen molar-refractivity contribution in [1.82, 2.24) is 20.1 Å². The number of piperazine rings is 1. The van der Waals surface area contributed by atoms with Crippen LogP contribution in [0.1, 0.15) is 24.3 Å². The molecule has 1 fully saturated rings. The highest BCUT2D eigenvalue weighted by atomic mass is 32.1. The quantitative estimate of drug-likeness (QED) is 0.752. The van der Waals surface area contributed by atoms with Crippen LogP contribution in [0.5, 0.6) is 0 Å². The predicted molar refractivity (Wildman–Crippen MR) is 104 cm³/mol. The number of likely N-dealkylation sites (N-methyl/N-ethyl adjacent to an activating group) is 1. The summed E-state index contributed by atoms with van der Waals surface area (Å²) in [6, 6.07) is 8.20. The average Bonchev–Trinajstić information content (AvgIpc) is 3.08. The third-order valence-corrected chi connectivity index (χ3v) is 5.84. The fourth-order valence-electron chi connectivity index (χ4n) is 3.17. The van der Waals surface area contributed by atoms with Crippen LogP contribution in [0.3, 0.4) is 0 Å². The molecule has 2 aromatic rings. The van der Waals surface area contributed by atoms with Gasteiger partial charge in [0.15, 0.2) is 0 Å². The van der Waals surface area contributed by atoms with Crippen LogP contribution in [-0.2, 0) is 16.0 Å².